The lowest BCUT2D eigenvalue weighted by Crippen LogP contribution is -2.47. The average Bonchev–Trinajstić information content (AvgIpc) is 2.93. The molecule has 1 aliphatic rings. The zero-order valence-electron chi connectivity index (χ0n) is 20.7. The standard InChI is InChI=1S/C28H29N5O4/c1-2-37-28(36)22(32-23-24(26(35)25(23)34)33-14-4-3-5-15-33)16-18-6-8-20(9-7-18)31-27-21-17-29-12-10-19(21)11-13-30-27/h6-13,17,22,32H,2-5,14-16H2,1H3,(H,30,31). The summed E-state index contributed by atoms with van der Waals surface area (Å²) in [5.74, 6) is 0.240. The van der Waals surface area contributed by atoms with E-state index in [2.05, 4.69) is 20.6 Å². The van der Waals surface area contributed by atoms with Crippen LogP contribution in [-0.4, -0.2) is 41.7 Å². The number of benzene rings is 1. The summed E-state index contributed by atoms with van der Waals surface area (Å²) in [6.45, 7) is 3.43. The Kier molecular flexibility index (Phi) is 7.11. The Morgan fingerprint density at radius 3 is 2.54 bits per heavy atom. The van der Waals surface area contributed by atoms with Crippen LogP contribution in [0.5, 0.6) is 0 Å². The molecule has 2 aromatic carbocycles. The molecule has 2 aromatic heterocycles. The number of ether oxygens (including phenoxy) is 1. The maximum atomic E-state index is 12.8. The summed E-state index contributed by atoms with van der Waals surface area (Å²) >= 11 is 0. The number of anilines is 4. The van der Waals surface area contributed by atoms with E-state index in [1.54, 1.807) is 25.5 Å². The third-order valence-electron chi connectivity index (χ3n) is 6.67. The second kappa shape index (κ2) is 10.8. The Hall–Kier alpha value is -4.27. The van der Waals surface area contributed by atoms with Gasteiger partial charge >= 0.3 is 5.97 Å². The molecule has 5 rings (SSSR count). The summed E-state index contributed by atoms with van der Waals surface area (Å²) in [6, 6.07) is 10.7. The molecule has 0 aliphatic carbocycles. The summed E-state index contributed by atoms with van der Waals surface area (Å²) in [7, 11) is 0. The molecule has 4 aromatic rings. The van der Waals surface area contributed by atoms with Gasteiger partial charge in [0.05, 0.1) is 6.61 Å². The van der Waals surface area contributed by atoms with E-state index in [1.165, 1.54) is 0 Å². The Morgan fingerprint density at radius 1 is 1.03 bits per heavy atom. The van der Waals surface area contributed by atoms with E-state index in [9.17, 15) is 14.4 Å². The lowest BCUT2D eigenvalue weighted by molar-refractivity contribution is -0.144. The number of nitrogens with zero attached hydrogens (tertiary/aromatic N) is 3. The lowest BCUT2D eigenvalue weighted by atomic mass is 10.0. The summed E-state index contributed by atoms with van der Waals surface area (Å²) < 4.78 is 5.27. The number of fused-ring (bicyclic) bond motifs is 1. The molecule has 9 nitrogen and oxygen atoms in total. The molecule has 190 valence electrons. The fraction of sp³-hybridized carbons (Fsp3) is 0.321. The molecule has 0 amide bonds. The van der Waals surface area contributed by atoms with E-state index < -0.39 is 22.9 Å². The molecule has 3 heterocycles. The van der Waals surface area contributed by atoms with Crippen LogP contribution < -0.4 is 26.4 Å². The molecule has 1 saturated heterocycles. The number of carbonyl (C=O) groups is 1. The minimum atomic E-state index is -0.795. The van der Waals surface area contributed by atoms with Crippen molar-refractivity contribution in [1.29, 1.82) is 0 Å². The van der Waals surface area contributed by atoms with Gasteiger partial charge in [-0.3, -0.25) is 14.6 Å². The lowest BCUT2D eigenvalue weighted by Gasteiger charge is -2.31. The number of hydrogen-bond donors (Lipinski definition) is 2. The molecule has 9 heteroatoms. The second-order valence-corrected chi connectivity index (χ2v) is 9.16. The Balaban J connectivity index is 1.33. The molecular formula is C28H29N5O4. The van der Waals surface area contributed by atoms with Gasteiger partial charge in [0.1, 0.15) is 23.2 Å². The van der Waals surface area contributed by atoms with Crippen molar-refractivity contribution in [3.63, 3.8) is 0 Å². The van der Waals surface area contributed by atoms with Crippen molar-refractivity contribution >= 4 is 39.6 Å². The fourth-order valence-electron chi connectivity index (χ4n) is 4.75. The Morgan fingerprint density at radius 2 is 1.78 bits per heavy atom. The summed E-state index contributed by atoms with van der Waals surface area (Å²) in [5, 5.41) is 8.32. The van der Waals surface area contributed by atoms with E-state index in [4.69, 9.17) is 4.74 Å². The third-order valence-corrected chi connectivity index (χ3v) is 6.67. The maximum absolute atomic E-state index is 12.8. The van der Waals surface area contributed by atoms with Gasteiger partial charge in [-0.1, -0.05) is 12.1 Å². The molecule has 1 fully saturated rings. The molecule has 0 bridgehead atoms. The SMILES string of the molecule is CCOC(=O)C(Cc1ccc(Nc2nccc3ccncc23)cc1)Nc1c(N2CCCCC2)c(=O)c1=O. The third kappa shape index (κ3) is 5.16. The highest BCUT2D eigenvalue weighted by Gasteiger charge is 2.31. The highest BCUT2D eigenvalue weighted by molar-refractivity contribution is 5.92. The number of esters is 1. The van der Waals surface area contributed by atoms with Gasteiger partial charge < -0.3 is 20.3 Å². The first kappa shape index (κ1) is 24.4. The smallest absolute Gasteiger partial charge is 0.328 e. The van der Waals surface area contributed by atoms with Crippen LogP contribution in [0.1, 0.15) is 31.7 Å². The summed E-state index contributed by atoms with van der Waals surface area (Å²) in [4.78, 5) is 48.1. The van der Waals surface area contributed by atoms with Crippen molar-refractivity contribution in [2.45, 2.75) is 38.6 Å². The minimum absolute atomic E-state index is 0.220. The van der Waals surface area contributed by atoms with Crippen molar-refractivity contribution in [2.75, 3.05) is 35.2 Å². The first-order valence-corrected chi connectivity index (χ1v) is 12.6. The van der Waals surface area contributed by atoms with Crippen LogP contribution >= 0.6 is 0 Å². The summed E-state index contributed by atoms with van der Waals surface area (Å²) in [6.07, 6.45) is 8.62. The molecule has 0 radical (unpaired) electrons. The zero-order valence-corrected chi connectivity index (χ0v) is 20.7. The van der Waals surface area contributed by atoms with Crippen molar-refractivity contribution in [3.8, 4) is 0 Å². The van der Waals surface area contributed by atoms with Gasteiger partial charge in [0.15, 0.2) is 0 Å². The van der Waals surface area contributed by atoms with Crippen LogP contribution in [0.4, 0.5) is 22.9 Å². The highest BCUT2D eigenvalue weighted by Crippen LogP contribution is 2.26. The van der Waals surface area contributed by atoms with Crippen molar-refractivity contribution in [2.24, 2.45) is 0 Å². The van der Waals surface area contributed by atoms with E-state index in [0.717, 1.165) is 54.4 Å². The zero-order chi connectivity index (χ0) is 25.8. The number of carbonyl (C=O) groups excluding carboxylic acids is 1. The van der Waals surface area contributed by atoms with E-state index in [1.807, 2.05) is 41.3 Å². The highest BCUT2D eigenvalue weighted by atomic mass is 16.5. The number of pyridine rings is 2. The molecular weight excluding hydrogens is 470 g/mol. The van der Waals surface area contributed by atoms with Crippen LogP contribution in [-0.2, 0) is 16.0 Å². The number of hydrogen-bond acceptors (Lipinski definition) is 9. The van der Waals surface area contributed by atoms with Crippen molar-refractivity contribution < 1.29 is 9.53 Å². The van der Waals surface area contributed by atoms with Gasteiger partial charge in [0, 0.05) is 49.2 Å². The number of nitrogens with one attached hydrogen (secondary N) is 2. The molecule has 1 atom stereocenters. The molecule has 2 N–H and O–H groups in total. The first-order chi connectivity index (χ1) is 18.0. The molecule has 37 heavy (non-hydrogen) atoms. The second-order valence-electron chi connectivity index (χ2n) is 9.16. The van der Waals surface area contributed by atoms with E-state index in [0.29, 0.717) is 17.9 Å². The van der Waals surface area contributed by atoms with E-state index in [-0.39, 0.29) is 12.3 Å². The predicted octanol–water partition coefficient (Wildman–Crippen LogP) is 3.55. The van der Waals surface area contributed by atoms with Crippen LogP contribution in [0.25, 0.3) is 10.8 Å². The Labute approximate surface area is 214 Å². The van der Waals surface area contributed by atoms with Gasteiger partial charge in [-0.05, 0) is 61.4 Å². The molecule has 0 saturated carbocycles. The molecule has 1 aliphatic heterocycles. The topological polar surface area (TPSA) is 114 Å². The minimum Gasteiger partial charge on any atom is -0.464 e. The van der Waals surface area contributed by atoms with Gasteiger partial charge in [-0.15, -0.1) is 0 Å². The monoisotopic (exact) mass is 499 g/mol. The molecule has 0 spiro atoms. The first-order valence-electron chi connectivity index (χ1n) is 12.6. The van der Waals surface area contributed by atoms with Crippen LogP contribution in [0.15, 0.2) is 64.6 Å². The van der Waals surface area contributed by atoms with Crippen molar-refractivity contribution in [1.82, 2.24) is 9.97 Å². The number of piperidine rings is 1. The quantitative estimate of drug-likeness (QED) is 0.264. The maximum Gasteiger partial charge on any atom is 0.328 e. The predicted molar refractivity (Wildman–Crippen MR) is 144 cm³/mol. The van der Waals surface area contributed by atoms with Crippen LogP contribution in [0, 0.1) is 0 Å². The van der Waals surface area contributed by atoms with Gasteiger partial charge in [-0.25, -0.2) is 9.78 Å². The van der Waals surface area contributed by atoms with Gasteiger partial charge in [0.25, 0.3) is 10.9 Å². The largest absolute Gasteiger partial charge is 0.464 e. The number of aromatic nitrogens is 2. The van der Waals surface area contributed by atoms with Gasteiger partial charge in [0.2, 0.25) is 0 Å². The van der Waals surface area contributed by atoms with Crippen LogP contribution in [0.2, 0.25) is 0 Å². The summed E-state index contributed by atoms with van der Waals surface area (Å²) in [5.41, 5.74) is 1.27. The normalized spacial score (nSPS) is 14.5. The Bertz CT molecular complexity index is 1470. The fourth-order valence-corrected chi connectivity index (χ4v) is 4.75. The van der Waals surface area contributed by atoms with E-state index >= 15 is 0 Å². The molecule has 1 unspecified atom stereocenters. The van der Waals surface area contributed by atoms with Crippen LogP contribution in [0.3, 0.4) is 0 Å². The number of rotatable bonds is 9. The average molecular weight is 500 g/mol. The van der Waals surface area contributed by atoms with Crippen molar-refractivity contribution in [3.05, 3.63) is 81.0 Å². The van der Waals surface area contributed by atoms with Gasteiger partial charge in [-0.2, -0.15) is 0 Å².